The normalized spacial score (nSPS) is 20.5. The average Bonchev–Trinajstić information content (AvgIpc) is 3.23. The largest absolute Gasteiger partial charge is 0.488 e. The summed E-state index contributed by atoms with van der Waals surface area (Å²) in [7, 11) is 1.81. The van der Waals surface area contributed by atoms with Crippen LogP contribution in [0.1, 0.15) is 31.4 Å². The van der Waals surface area contributed by atoms with Gasteiger partial charge in [-0.2, -0.15) is 0 Å². The maximum absolute atomic E-state index is 6.20. The van der Waals surface area contributed by atoms with Crippen molar-refractivity contribution in [2.24, 2.45) is 4.99 Å². The zero-order chi connectivity index (χ0) is 20.7. The van der Waals surface area contributed by atoms with Crippen molar-refractivity contribution in [1.82, 2.24) is 15.5 Å². The van der Waals surface area contributed by atoms with Gasteiger partial charge in [0.1, 0.15) is 11.9 Å². The number of benzene rings is 1. The molecule has 0 spiro atoms. The summed E-state index contributed by atoms with van der Waals surface area (Å²) in [6.07, 6.45) is 1.09. The summed E-state index contributed by atoms with van der Waals surface area (Å²) in [5, 5.41) is 6.91. The number of guanidine groups is 1. The van der Waals surface area contributed by atoms with E-state index in [-0.39, 0.29) is 35.6 Å². The zero-order valence-electron chi connectivity index (χ0n) is 18.7. The highest BCUT2D eigenvalue weighted by molar-refractivity contribution is 14.0. The first kappa shape index (κ1) is 25.2. The maximum Gasteiger partial charge on any atom is 0.191 e. The van der Waals surface area contributed by atoms with Gasteiger partial charge in [-0.05, 0) is 32.4 Å². The van der Waals surface area contributed by atoms with Crippen molar-refractivity contribution in [3.8, 4) is 5.75 Å². The van der Waals surface area contributed by atoms with Crippen LogP contribution in [0.15, 0.2) is 23.2 Å². The summed E-state index contributed by atoms with van der Waals surface area (Å²) < 4.78 is 17.1. The van der Waals surface area contributed by atoms with Crippen LogP contribution in [0.2, 0.25) is 0 Å². The van der Waals surface area contributed by atoms with Crippen molar-refractivity contribution >= 4 is 29.9 Å². The van der Waals surface area contributed by atoms with Crippen molar-refractivity contribution in [3.63, 3.8) is 0 Å². The number of nitrogens with zero attached hydrogens (tertiary/aromatic N) is 2. The number of nitrogens with one attached hydrogen (secondary N) is 2. The molecule has 2 fully saturated rings. The third kappa shape index (κ3) is 7.25. The molecule has 0 radical (unpaired) electrons. The Morgan fingerprint density at radius 1 is 1.20 bits per heavy atom. The summed E-state index contributed by atoms with van der Waals surface area (Å²) in [6.45, 7) is 13.1. The molecule has 2 N–H and O–H groups in total. The average molecular weight is 532 g/mol. The van der Waals surface area contributed by atoms with Gasteiger partial charge in [0.25, 0.3) is 0 Å². The first-order valence-electron chi connectivity index (χ1n) is 10.6. The van der Waals surface area contributed by atoms with Gasteiger partial charge in [-0.25, -0.2) is 0 Å². The standard InChI is InChI=1S/C22H36N4O3.HI/c1-17-5-6-18(20(13-17)29-19-7-10-28-15-19)14-24-21(23-4)25-16-22(2,3)26-8-11-27-12-9-26;/h5-6,13,19H,7-12,14-16H2,1-4H3,(H2,23,24,25);1H. The van der Waals surface area contributed by atoms with Crippen LogP contribution in [0.5, 0.6) is 5.75 Å². The summed E-state index contributed by atoms with van der Waals surface area (Å²) in [4.78, 5) is 6.86. The van der Waals surface area contributed by atoms with E-state index >= 15 is 0 Å². The summed E-state index contributed by atoms with van der Waals surface area (Å²) in [5.74, 6) is 1.72. The Hall–Kier alpha value is -1.10. The zero-order valence-corrected chi connectivity index (χ0v) is 21.0. The molecule has 0 saturated carbocycles. The second-order valence-electron chi connectivity index (χ2n) is 8.41. The number of morpholine rings is 1. The highest BCUT2D eigenvalue weighted by atomic mass is 127. The Kier molecular flexibility index (Phi) is 10.1. The minimum atomic E-state index is 0. The fourth-order valence-electron chi connectivity index (χ4n) is 3.68. The van der Waals surface area contributed by atoms with E-state index in [9.17, 15) is 0 Å². The van der Waals surface area contributed by atoms with Crippen molar-refractivity contribution in [3.05, 3.63) is 29.3 Å². The van der Waals surface area contributed by atoms with Gasteiger partial charge in [0.15, 0.2) is 5.96 Å². The summed E-state index contributed by atoms with van der Waals surface area (Å²) in [6, 6.07) is 6.35. The van der Waals surface area contributed by atoms with E-state index in [1.54, 1.807) is 7.05 Å². The van der Waals surface area contributed by atoms with Gasteiger partial charge in [-0.3, -0.25) is 9.89 Å². The van der Waals surface area contributed by atoms with E-state index in [4.69, 9.17) is 14.2 Å². The Labute approximate surface area is 197 Å². The third-order valence-electron chi connectivity index (χ3n) is 5.63. The number of hydrogen-bond acceptors (Lipinski definition) is 5. The molecule has 170 valence electrons. The maximum atomic E-state index is 6.20. The molecule has 0 bridgehead atoms. The predicted molar refractivity (Wildman–Crippen MR) is 131 cm³/mol. The molecule has 0 aromatic heterocycles. The highest BCUT2D eigenvalue weighted by Crippen LogP contribution is 2.24. The number of ether oxygens (including phenoxy) is 3. The highest BCUT2D eigenvalue weighted by Gasteiger charge is 2.28. The first-order valence-corrected chi connectivity index (χ1v) is 10.6. The van der Waals surface area contributed by atoms with Gasteiger partial charge in [-0.1, -0.05) is 12.1 Å². The fraction of sp³-hybridized carbons (Fsp3) is 0.682. The molecule has 1 unspecified atom stereocenters. The Balaban J connectivity index is 0.00000320. The lowest BCUT2D eigenvalue weighted by molar-refractivity contribution is -0.00834. The van der Waals surface area contributed by atoms with Gasteiger partial charge < -0.3 is 24.8 Å². The fourth-order valence-corrected chi connectivity index (χ4v) is 3.68. The second kappa shape index (κ2) is 12.1. The molecule has 2 saturated heterocycles. The molecule has 30 heavy (non-hydrogen) atoms. The lowest BCUT2D eigenvalue weighted by atomic mass is 10.0. The van der Waals surface area contributed by atoms with Crippen LogP contribution in [0.4, 0.5) is 0 Å². The second-order valence-corrected chi connectivity index (χ2v) is 8.41. The molecule has 2 aliphatic heterocycles. The van der Waals surface area contributed by atoms with Crippen LogP contribution in [0, 0.1) is 6.92 Å². The molecule has 1 aromatic rings. The van der Waals surface area contributed by atoms with Crippen LogP contribution in [0.25, 0.3) is 0 Å². The van der Waals surface area contributed by atoms with Gasteiger partial charge in [0.2, 0.25) is 0 Å². The number of aliphatic imine (C=N–C) groups is 1. The molecule has 1 atom stereocenters. The van der Waals surface area contributed by atoms with E-state index < -0.39 is 0 Å². The SMILES string of the molecule is CN=C(NCc1ccc(C)cc1OC1CCOC1)NCC(C)(C)N1CCOCC1.I. The van der Waals surface area contributed by atoms with Crippen molar-refractivity contribution in [2.45, 2.75) is 45.4 Å². The third-order valence-corrected chi connectivity index (χ3v) is 5.63. The Morgan fingerprint density at radius 3 is 2.63 bits per heavy atom. The number of rotatable bonds is 7. The summed E-state index contributed by atoms with van der Waals surface area (Å²) in [5.41, 5.74) is 2.34. The van der Waals surface area contributed by atoms with Gasteiger partial charge in [0, 0.05) is 50.7 Å². The van der Waals surface area contributed by atoms with Gasteiger partial charge in [0.05, 0.1) is 26.4 Å². The molecule has 2 heterocycles. The molecule has 8 heteroatoms. The Morgan fingerprint density at radius 2 is 1.97 bits per heavy atom. The van der Waals surface area contributed by atoms with Crippen LogP contribution in [0.3, 0.4) is 0 Å². The van der Waals surface area contributed by atoms with Crippen LogP contribution >= 0.6 is 24.0 Å². The van der Waals surface area contributed by atoms with Crippen LogP contribution in [-0.4, -0.2) is 75.6 Å². The molecule has 7 nitrogen and oxygen atoms in total. The van der Waals surface area contributed by atoms with Crippen molar-refractivity contribution in [1.29, 1.82) is 0 Å². The quantitative estimate of drug-likeness (QED) is 0.320. The van der Waals surface area contributed by atoms with Gasteiger partial charge >= 0.3 is 0 Å². The van der Waals surface area contributed by atoms with Gasteiger partial charge in [-0.15, -0.1) is 24.0 Å². The van der Waals surface area contributed by atoms with Crippen molar-refractivity contribution in [2.75, 3.05) is 53.1 Å². The monoisotopic (exact) mass is 532 g/mol. The predicted octanol–water partition coefficient (Wildman–Crippen LogP) is 2.56. The molecule has 2 aliphatic rings. The molecular weight excluding hydrogens is 495 g/mol. The van der Waals surface area contributed by atoms with E-state index in [2.05, 4.69) is 59.5 Å². The topological polar surface area (TPSA) is 67.4 Å². The van der Waals surface area contributed by atoms with Crippen molar-refractivity contribution < 1.29 is 14.2 Å². The molecular formula is C22H37IN4O3. The Bertz CT molecular complexity index is 687. The van der Waals surface area contributed by atoms with E-state index in [1.165, 1.54) is 5.56 Å². The van der Waals surface area contributed by atoms with Crippen LogP contribution in [-0.2, 0) is 16.0 Å². The number of hydrogen-bond donors (Lipinski definition) is 2. The number of aryl methyl sites for hydroxylation is 1. The molecule has 1 aromatic carbocycles. The minimum Gasteiger partial charge on any atom is -0.488 e. The first-order chi connectivity index (χ1) is 14.0. The smallest absolute Gasteiger partial charge is 0.191 e. The van der Waals surface area contributed by atoms with Crippen LogP contribution < -0.4 is 15.4 Å². The van der Waals surface area contributed by atoms with E-state index in [0.29, 0.717) is 13.2 Å². The number of halogens is 1. The summed E-state index contributed by atoms with van der Waals surface area (Å²) >= 11 is 0. The van der Waals surface area contributed by atoms with E-state index in [1.807, 2.05) is 0 Å². The lowest BCUT2D eigenvalue weighted by Gasteiger charge is -2.41. The molecule has 0 amide bonds. The minimum absolute atomic E-state index is 0. The molecule has 0 aliphatic carbocycles. The molecule has 3 rings (SSSR count). The van der Waals surface area contributed by atoms with E-state index in [0.717, 1.165) is 63.1 Å². The lowest BCUT2D eigenvalue weighted by Crippen LogP contribution is -2.56.